The van der Waals surface area contributed by atoms with Crippen LogP contribution in [-0.4, -0.2) is 11.5 Å². The summed E-state index contributed by atoms with van der Waals surface area (Å²) in [5.74, 6) is 0. The zero-order valence-corrected chi connectivity index (χ0v) is 7.80. The molecular formula is C11H14N2. The molecule has 2 heteroatoms. The van der Waals surface area contributed by atoms with Gasteiger partial charge >= 0.3 is 0 Å². The Balaban J connectivity index is 2.48. The molecule has 0 aliphatic rings. The SMILES string of the molecule is Cc1cc2cc(CCN)ccc2[nH]1. The van der Waals surface area contributed by atoms with E-state index in [0.29, 0.717) is 0 Å². The van der Waals surface area contributed by atoms with E-state index in [2.05, 4.69) is 36.2 Å². The highest BCUT2D eigenvalue weighted by Crippen LogP contribution is 2.16. The maximum absolute atomic E-state index is 5.50. The van der Waals surface area contributed by atoms with Crippen molar-refractivity contribution in [2.75, 3.05) is 6.54 Å². The molecule has 1 heterocycles. The van der Waals surface area contributed by atoms with Gasteiger partial charge in [-0.2, -0.15) is 0 Å². The van der Waals surface area contributed by atoms with Crippen molar-refractivity contribution in [2.45, 2.75) is 13.3 Å². The first kappa shape index (κ1) is 8.32. The van der Waals surface area contributed by atoms with Crippen LogP contribution in [0.2, 0.25) is 0 Å². The molecule has 0 aliphatic carbocycles. The number of benzene rings is 1. The highest BCUT2D eigenvalue weighted by molar-refractivity contribution is 5.81. The number of H-pyrrole nitrogens is 1. The van der Waals surface area contributed by atoms with Crippen LogP contribution in [0.15, 0.2) is 24.3 Å². The molecule has 0 amide bonds. The van der Waals surface area contributed by atoms with Crippen LogP contribution in [0.3, 0.4) is 0 Å². The molecule has 2 aromatic rings. The van der Waals surface area contributed by atoms with Gasteiger partial charge in [-0.3, -0.25) is 0 Å². The molecule has 68 valence electrons. The Morgan fingerprint density at radius 2 is 2.15 bits per heavy atom. The van der Waals surface area contributed by atoms with Gasteiger partial charge in [0, 0.05) is 11.2 Å². The fraction of sp³-hybridized carbons (Fsp3) is 0.273. The van der Waals surface area contributed by atoms with E-state index in [9.17, 15) is 0 Å². The minimum absolute atomic E-state index is 0.717. The monoisotopic (exact) mass is 174 g/mol. The third-order valence-corrected chi connectivity index (χ3v) is 2.25. The first-order chi connectivity index (χ1) is 6.29. The number of nitrogens with two attached hydrogens (primary N) is 1. The molecule has 1 aromatic heterocycles. The maximum Gasteiger partial charge on any atom is 0.0456 e. The highest BCUT2D eigenvalue weighted by atomic mass is 14.7. The lowest BCUT2D eigenvalue weighted by atomic mass is 10.1. The number of hydrogen-bond donors (Lipinski definition) is 2. The summed E-state index contributed by atoms with van der Waals surface area (Å²) in [7, 11) is 0. The van der Waals surface area contributed by atoms with Gasteiger partial charge in [-0.25, -0.2) is 0 Å². The summed E-state index contributed by atoms with van der Waals surface area (Å²) < 4.78 is 0. The van der Waals surface area contributed by atoms with Crippen LogP contribution in [0.4, 0.5) is 0 Å². The molecular weight excluding hydrogens is 160 g/mol. The first-order valence-corrected chi connectivity index (χ1v) is 4.58. The summed E-state index contributed by atoms with van der Waals surface area (Å²) in [5, 5.41) is 1.28. The first-order valence-electron chi connectivity index (χ1n) is 4.58. The lowest BCUT2D eigenvalue weighted by Gasteiger charge is -1.97. The van der Waals surface area contributed by atoms with Crippen molar-refractivity contribution >= 4 is 10.9 Å². The average Bonchev–Trinajstić information content (AvgIpc) is 2.44. The minimum atomic E-state index is 0.717. The van der Waals surface area contributed by atoms with Crippen molar-refractivity contribution in [1.82, 2.24) is 4.98 Å². The number of fused-ring (bicyclic) bond motifs is 1. The van der Waals surface area contributed by atoms with Gasteiger partial charge in [0.25, 0.3) is 0 Å². The highest BCUT2D eigenvalue weighted by Gasteiger charge is 1.98. The molecule has 0 radical (unpaired) electrons. The van der Waals surface area contributed by atoms with E-state index in [1.165, 1.54) is 22.2 Å². The van der Waals surface area contributed by atoms with Crippen molar-refractivity contribution in [3.8, 4) is 0 Å². The standard InChI is InChI=1S/C11H14N2/c1-8-6-10-7-9(4-5-12)2-3-11(10)13-8/h2-3,6-7,13H,4-5,12H2,1H3. The Kier molecular flexibility index (Phi) is 2.07. The molecule has 0 saturated carbocycles. The summed E-state index contributed by atoms with van der Waals surface area (Å²) in [5.41, 5.74) is 9.23. The predicted octanol–water partition coefficient (Wildman–Crippen LogP) is 1.98. The second kappa shape index (κ2) is 3.23. The Morgan fingerprint density at radius 1 is 1.31 bits per heavy atom. The van der Waals surface area contributed by atoms with Crippen molar-refractivity contribution in [2.24, 2.45) is 5.73 Å². The topological polar surface area (TPSA) is 41.8 Å². The van der Waals surface area contributed by atoms with Crippen molar-refractivity contribution in [3.05, 3.63) is 35.5 Å². The molecule has 0 spiro atoms. The van der Waals surface area contributed by atoms with Gasteiger partial charge in [0.05, 0.1) is 0 Å². The molecule has 1 aromatic carbocycles. The third-order valence-electron chi connectivity index (χ3n) is 2.25. The molecule has 2 rings (SSSR count). The molecule has 3 N–H and O–H groups in total. The Labute approximate surface area is 77.8 Å². The molecule has 0 unspecified atom stereocenters. The fourth-order valence-corrected chi connectivity index (χ4v) is 1.65. The Morgan fingerprint density at radius 3 is 2.92 bits per heavy atom. The third kappa shape index (κ3) is 1.58. The van der Waals surface area contributed by atoms with E-state index < -0.39 is 0 Å². The lowest BCUT2D eigenvalue weighted by molar-refractivity contribution is 0.971. The van der Waals surface area contributed by atoms with Crippen LogP contribution >= 0.6 is 0 Å². The van der Waals surface area contributed by atoms with Crippen molar-refractivity contribution < 1.29 is 0 Å². The zero-order valence-electron chi connectivity index (χ0n) is 7.80. The number of hydrogen-bond acceptors (Lipinski definition) is 1. The van der Waals surface area contributed by atoms with Crippen LogP contribution in [0, 0.1) is 6.92 Å². The molecule has 0 bridgehead atoms. The molecule has 0 atom stereocenters. The van der Waals surface area contributed by atoms with Crippen molar-refractivity contribution in [3.63, 3.8) is 0 Å². The minimum Gasteiger partial charge on any atom is -0.359 e. The quantitative estimate of drug-likeness (QED) is 0.718. The molecule has 2 nitrogen and oxygen atoms in total. The van der Waals surface area contributed by atoms with Crippen LogP contribution < -0.4 is 5.73 Å². The molecule has 0 aliphatic heterocycles. The lowest BCUT2D eigenvalue weighted by Crippen LogP contribution is -2.02. The van der Waals surface area contributed by atoms with Gasteiger partial charge in [0.1, 0.15) is 0 Å². The summed E-state index contributed by atoms with van der Waals surface area (Å²) in [4.78, 5) is 3.30. The predicted molar refractivity (Wildman–Crippen MR) is 55.8 cm³/mol. The van der Waals surface area contributed by atoms with E-state index in [1.807, 2.05) is 0 Å². The normalized spacial score (nSPS) is 10.9. The van der Waals surface area contributed by atoms with E-state index in [-0.39, 0.29) is 0 Å². The van der Waals surface area contributed by atoms with Crippen molar-refractivity contribution in [1.29, 1.82) is 0 Å². The summed E-state index contributed by atoms with van der Waals surface area (Å²) >= 11 is 0. The van der Waals surface area contributed by atoms with Gasteiger partial charge in [-0.05, 0) is 49.0 Å². The van der Waals surface area contributed by atoms with Crippen LogP contribution in [-0.2, 0) is 6.42 Å². The number of nitrogens with one attached hydrogen (secondary N) is 1. The Bertz CT molecular complexity index is 415. The number of rotatable bonds is 2. The van der Waals surface area contributed by atoms with E-state index in [0.717, 1.165) is 13.0 Å². The number of aromatic amines is 1. The maximum atomic E-state index is 5.50. The van der Waals surface area contributed by atoms with E-state index in [4.69, 9.17) is 5.73 Å². The second-order valence-corrected chi connectivity index (χ2v) is 3.41. The van der Waals surface area contributed by atoms with Crippen LogP contribution in [0.1, 0.15) is 11.3 Å². The van der Waals surface area contributed by atoms with Gasteiger partial charge in [-0.1, -0.05) is 6.07 Å². The summed E-state index contributed by atoms with van der Waals surface area (Å²) in [6.45, 7) is 2.79. The van der Waals surface area contributed by atoms with Gasteiger partial charge in [-0.15, -0.1) is 0 Å². The number of aryl methyl sites for hydroxylation is 1. The fourth-order valence-electron chi connectivity index (χ4n) is 1.65. The Hall–Kier alpha value is -1.28. The largest absolute Gasteiger partial charge is 0.359 e. The average molecular weight is 174 g/mol. The van der Waals surface area contributed by atoms with E-state index >= 15 is 0 Å². The molecule has 13 heavy (non-hydrogen) atoms. The van der Waals surface area contributed by atoms with E-state index in [1.54, 1.807) is 0 Å². The number of aromatic nitrogens is 1. The summed E-state index contributed by atoms with van der Waals surface area (Å²) in [6.07, 6.45) is 0.958. The smallest absolute Gasteiger partial charge is 0.0456 e. The van der Waals surface area contributed by atoms with Crippen LogP contribution in [0.25, 0.3) is 10.9 Å². The molecule has 0 saturated heterocycles. The second-order valence-electron chi connectivity index (χ2n) is 3.41. The van der Waals surface area contributed by atoms with Gasteiger partial charge in [0.15, 0.2) is 0 Å². The van der Waals surface area contributed by atoms with Gasteiger partial charge < -0.3 is 10.7 Å². The van der Waals surface area contributed by atoms with Crippen LogP contribution in [0.5, 0.6) is 0 Å². The zero-order chi connectivity index (χ0) is 9.26. The van der Waals surface area contributed by atoms with Gasteiger partial charge in [0.2, 0.25) is 0 Å². The molecule has 0 fully saturated rings. The summed E-state index contributed by atoms with van der Waals surface area (Å²) in [6, 6.07) is 8.61.